The first-order valence-electron chi connectivity index (χ1n) is 5.86. The molecule has 0 fully saturated rings. The van der Waals surface area contributed by atoms with Gasteiger partial charge in [-0.3, -0.25) is 4.79 Å². The molecule has 0 heterocycles. The van der Waals surface area contributed by atoms with Gasteiger partial charge in [-0.2, -0.15) is 0 Å². The molecule has 0 spiro atoms. The summed E-state index contributed by atoms with van der Waals surface area (Å²) in [5.41, 5.74) is 0.751. The number of anilines is 1. The number of hydrogen-bond acceptors (Lipinski definition) is 2. The van der Waals surface area contributed by atoms with Crippen molar-refractivity contribution < 1.29 is 14.3 Å². The van der Waals surface area contributed by atoms with Gasteiger partial charge in [0.2, 0.25) is 5.91 Å². The van der Waals surface area contributed by atoms with E-state index < -0.39 is 5.82 Å². The molecule has 4 heteroatoms. The lowest BCUT2D eigenvalue weighted by Crippen LogP contribution is -2.10. The second-order valence-corrected chi connectivity index (χ2v) is 3.77. The first-order chi connectivity index (χ1) is 8.67. The Labute approximate surface area is 106 Å². The van der Waals surface area contributed by atoms with E-state index >= 15 is 0 Å². The number of aliphatic hydroxyl groups is 1. The summed E-state index contributed by atoms with van der Waals surface area (Å²) in [6, 6.07) is 4.26. The van der Waals surface area contributed by atoms with E-state index in [1.165, 1.54) is 18.2 Å². The van der Waals surface area contributed by atoms with E-state index in [9.17, 15) is 9.18 Å². The lowest BCUT2D eigenvalue weighted by molar-refractivity contribution is -0.116. The molecule has 96 valence electrons. The lowest BCUT2D eigenvalue weighted by Gasteiger charge is -2.05. The molecule has 18 heavy (non-hydrogen) atoms. The normalized spacial score (nSPS) is 9.50. The van der Waals surface area contributed by atoms with Crippen molar-refractivity contribution in [3.8, 4) is 11.8 Å². The minimum absolute atomic E-state index is 0.0540. The molecule has 1 aromatic carbocycles. The van der Waals surface area contributed by atoms with Crippen molar-refractivity contribution in [1.29, 1.82) is 0 Å². The fourth-order valence-electron chi connectivity index (χ4n) is 1.36. The van der Waals surface area contributed by atoms with Crippen LogP contribution < -0.4 is 5.32 Å². The van der Waals surface area contributed by atoms with Crippen LogP contribution in [0.5, 0.6) is 0 Å². The molecule has 1 rings (SSSR count). The van der Waals surface area contributed by atoms with Gasteiger partial charge in [-0.25, -0.2) is 4.39 Å². The van der Waals surface area contributed by atoms with Gasteiger partial charge in [0.15, 0.2) is 0 Å². The summed E-state index contributed by atoms with van der Waals surface area (Å²) < 4.78 is 13.4. The predicted octanol–water partition coefficient (Wildman–Crippen LogP) is 2.30. The van der Waals surface area contributed by atoms with E-state index in [2.05, 4.69) is 17.2 Å². The van der Waals surface area contributed by atoms with Crippen molar-refractivity contribution in [3.63, 3.8) is 0 Å². The molecule has 0 bridgehead atoms. The van der Waals surface area contributed by atoms with Crippen molar-refractivity contribution >= 4 is 11.6 Å². The number of carbonyl (C=O) groups excluding carboxylic acids is 1. The maximum absolute atomic E-state index is 13.4. The molecule has 0 saturated heterocycles. The second kappa shape index (κ2) is 7.46. The van der Waals surface area contributed by atoms with E-state index in [1.807, 2.05) is 6.92 Å². The van der Waals surface area contributed by atoms with E-state index in [1.54, 1.807) is 0 Å². The number of halogens is 1. The highest BCUT2D eigenvalue weighted by molar-refractivity contribution is 5.90. The maximum Gasteiger partial charge on any atom is 0.224 e. The van der Waals surface area contributed by atoms with Crippen LogP contribution in [0.15, 0.2) is 18.2 Å². The summed E-state index contributed by atoms with van der Waals surface area (Å²) in [6.45, 7) is 1.86. The summed E-state index contributed by atoms with van der Waals surface area (Å²) in [5, 5.41) is 11.3. The maximum atomic E-state index is 13.4. The molecule has 1 amide bonds. The SMILES string of the molecule is CCCC(=O)Nc1ccc(F)c(C#CCCO)c1. The topological polar surface area (TPSA) is 49.3 Å². The van der Waals surface area contributed by atoms with Gasteiger partial charge in [-0.05, 0) is 24.6 Å². The summed E-state index contributed by atoms with van der Waals surface area (Å²) in [6.07, 6.45) is 1.49. The van der Waals surface area contributed by atoms with Crippen LogP contribution in [0.2, 0.25) is 0 Å². The monoisotopic (exact) mass is 249 g/mol. The van der Waals surface area contributed by atoms with Gasteiger partial charge >= 0.3 is 0 Å². The first-order valence-corrected chi connectivity index (χ1v) is 5.86. The molecular formula is C14H16FNO2. The number of amides is 1. The molecule has 0 unspecified atom stereocenters. The average Bonchev–Trinajstić information content (AvgIpc) is 2.34. The molecule has 0 radical (unpaired) electrons. The highest BCUT2D eigenvalue weighted by atomic mass is 19.1. The number of rotatable bonds is 4. The van der Waals surface area contributed by atoms with Crippen molar-refractivity contribution in [2.75, 3.05) is 11.9 Å². The first kappa shape index (κ1) is 14.2. The molecule has 1 aromatic rings. The van der Waals surface area contributed by atoms with Gasteiger partial charge in [-0.15, -0.1) is 0 Å². The Morgan fingerprint density at radius 3 is 2.94 bits per heavy atom. The zero-order valence-electron chi connectivity index (χ0n) is 10.3. The lowest BCUT2D eigenvalue weighted by atomic mass is 10.2. The van der Waals surface area contributed by atoms with Gasteiger partial charge < -0.3 is 10.4 Å². The molecule has 3 nitrogen and oxygen atoms in total. The number of hydrogen-bond donors (Lipinski definition) is 2. The van der Waals surface area contributed by atoms with Gasteiger partial charge in [0, 0.05) is 18.5 Å². The second-order valence-electron chi connectivity index (χ2n) is 3.77. The van der Waals surface area contributed by atoms with Crippen molar-refractivity contribution in [3.05, 3.63) is 29.6 Å². The molecule has 0 saturated carbocycles. The van der Waals surface area contributed by atoms with Crippen LogP contribution in [0, 0.1) is 17.7 Å². The van der Waals surface area contributed by atoms with E-state index in [0.29, 0.717) is 18.5 Å². The molecule has 0 aliphatic carbocycles. The minimum atomic E-state index is -0.436. The van der Waals surface area contributed by atoms with Crippen LogP contribution in [-0.4, -0.2) is 17.6 Å². The van der Waals surface area contributed by atoms with Gasteiger partial charge in [-0.1, -0.05) is 18.8 Å². The van der Waals surface area contributed by atoms with Crippen LogP contribution in [0.4, 0.5) is 10.1 Å². The van der Waals surface area contributed by atoms with Gasteiger partial charge in [0.1, 0.15) is 5.82 Å². The smallest absolute Gasteiger partial charge is 0.224 e. The van der Waals surface area contributed by atoms with Crippen LogP contribution in [0.25, 0.3) is 0 Å². The Hall–Kier alpha value is -1.86. The average molecular weight is 249 g/mol. The fourth-order valence-corrected chi connectivity index (χ4v) is 1.36. The van der Waals surface area contributed by atoms with Crippen molar-refractivity contribution in [1.82, 2.24) is 0 Å². The molecule has 0 aromatic heterocycles. The van der Waals surface area contributed by atoms with Crippen LogP contribution in [0.3, 0.4) is 0 Å². The minimum Gasteiger partial charge on any atom is -0.395 e. The number of nitrogens with one attached hydrogen (secondary N) is 1. The fraction of sp³-hybridized carbons (Fsp3) is 0.357. The highest BCUT2D eigenvalue weighted by Crippen LogP contribution is 2.14. The molecule has 0 atom stereocenters. The van der Waals surface area contributed by atoms with E-state index in [0.717, 1.165) is 6.42 Å². The third kappa shape index (κ3) is 4.56. The Morgan fingerprint density at radius 2 is 2.28 bits per heavy atom. The largest absolute Gasteiger partial charge is 0.395 e. The zero-order chi connectivity index (χ0) is 13.4. The third-order valence-corrected chi connectivity index (χ3v) is 2.19. The summed E-state index contributed by atoms with van der Waals surface area (Å²) in [5.74, 6) is 4.73. The van der Waals surface area contributed by atoms with Crippen molar-refractivity contribution in [2.24, 2.45) is 0 Å². The van der Waals surface area contributed by atoms with E-state index in [4.69, 9.17) is 5.11 Å². The summed E-state index contributed by atoms with van der Waals surface area (Å²) in [7, 11) is 0. The number of aliphatic hydroxyl groups excluding tert-OH is 1. The Morgan fingerprint density at radius 1 is 1.50 bits per heavy atom. The predicted molar refractivity (Wildman–Crippen MR) is 68.5 cm³/mol. The Balaban J connectivity index is 2.81. The Kier molecular flexibility index (Phi) is 5.89. The van der Waals surface area contributed by atoms with Crippen LogP contribution in [0.1, 0.15) is 31.7 Å². The van der Waals surface area contributed by atoms with Crippen LogP contribution in [-0.2, 0) is 4.79 Å². The molecular weight excluding hydrogens is 233 g/mol. The quantitative estimate of drug-likeness (QED) is 0.804. The number of carbonyl (C=O) groups is 1. The third-order valence-electron chi connectivity index (χ3n) is 2.19. The summed E-state index contributed by atoms with van der Waals surface area (Å²) in [4.78, 5) is 11.4. The molecule has 2 N–H and O–H groups in total. The number of benzene rings is 1. The molecule has 0 aliphatic heterocycles. The highest BCUT2D eigenvalue weighted by Gasteiger charge is 2.04. The van der Waals surface area contributed by atoms with Gasteiger partial charge in [0.05, 0.1) is 12.2 Å². The van der Waals surface area contributed by atoms with E-state index in [-0.39, 0.29) is 18.1 Å². The van der Waals surface area contributed by atoms with Crippen LogP contribution >= 0.6 is 0 Å². The standard InChI is InChI=1S/C14H16FNO2/c1-2-5-14(18)16-12-7-8-13(15)11(10-12)6-3-4-9-17/h7-8,10,17H,2,4-5,9H2,1H3,(H,16,18). The zero-order valence-corrected chi connectivity index (χ0v) is 10.3. The Bertz CT molecular complexity index is 474. The van der Waals surface area contributed by atoms with Gasteiger partial charge in [0.25, 0.3) is 0 Å². The summed E-state index contributed by atoms with van der Waals surface area (Å²) >= 11 is 0. The molecule has 0 aliphatic rings. The van der Waals surface area contributed by atoms with Crippen molar-refractivity contribution in [2.45, 2.75) is 26.2 Å².